The van der Waals surface area contributed by atoms with E-state index in [0.29, 0.717) is 11.3 Å². The number of esters is 1. The van der Waals surface area contributed by atoms with Gasteiger partial charge in [-0.1, -0.05) is 42.5 Å². The van der Waals surface area contributed by atoms with Crippen LogP contribution in [0.5, 0.6) is 0 Å². The average molecular weight is 384 g/mol. The van der Waals surface area contributed by atoms with E-state index in [9.17, 15) is 18.8 Å². The van der Waals surface area contributed by atoms with Crippen LogP contribution in [0, 0.1) is 0 Å². The van der Waals surface area contributed by atoms with E-state index < -0.39 is 29.5 Å². The number of carbonyl (C=O) groups excluding carboxylic acids is 3. The molecule has 0 aromatic heterocycles. The predicted octanol–water partition coefficient (Wildman–Crippen LogP) is 2.78. The van der Waals surface area contributed by atoms with Gasteiger partial charge in [0.25, 0.3) is 17.5 Å². The molecule has 0 aliphatic carbocycles. The number of amides is 2. The molecule has 0 saturated carbocycles. The van der Waals surface area contributed by atoms with Gasteiger partial charge in [0.15, 0.2) is 0 Å². The van der Waals surface area contributed by atoms with Crippen LogP contribution >= 0.6 is 0 Å². The minimum atomic E-state index is -2.91. The summed E-state index contributed by atoms with van der Waals surface area (Å²) in [6, 6.07) is 13.3. The Balaban J connectivity index is 2.04. The number of fused-ring (bicyclic) bond motifs is 3. The molecule has 0 radical (unpaired) electrons. The summed E-state index contributed by atoms with van der Waals surface area (Å²) in [7, 11) is 1.59. The molecule has 3 rings (SSSR count). The summed E-state index contributed by atoms with van der Waals surface area (Å²) in [5.41, 5.74) is -0.150. The van der Waals surface area contributed by atoms with Crippen molar-refractivity contribution in [1.82, 2.24) is 5.32 Å². The van der Waals surface area contributed by atoms with Crippen LogP contribution in [0.1, 0.15) is 25.5 Å². The molecule has 2 atom stereocenters. The number of nitrogens with zero attached hydrogens (tertiary/aromatic N) is 1. The fourth-order valence-corrected chi connectivity index (χ4v) is 3.20. The molecule has 0 bridgehead atoms. The van der Waals surface area contributed by atoms with Crippen molar-refractivity contribution in [2.75, 3.05) is 18.6 Å². The topological polar surface area (TPSA) is 75.7 Å². The fourth-order valence-electron chi connectivity index (χ4n) is 3.20. The Bertz CT molecular complexity index is 942. The van der Waals surface area contributed by atoms with Gasteiger partial charge in [-0.05, 0) is 31.0 Å². The molecule has 7 heteroatoms. The fraction of sp³-hybridized carbons (Fsp3) is 0.286. The number of anilines is 1. The lowest BCUT2D eigenvalue weighted by molar-refractivity contribution is -0.162. The van der Waals surface area contributed by atoms with Crippen LogP contribution in [0.3, 0.4) is 0 Å². The van der Waals surface area contributed by atoms with Gasteiger partial charge < -0.3 is 15.0 Å². The summed E-state index contributed by atoms with van der Waals surface area (Å²) in [6.07, 6.45) is 0. The predicted molar refractivity (Wildman–Crippen MR) is 102 cm³/mol. The Morgan fingerprint density at radius 1 is 1.14 bits per heavy atom. The van der Waals surface area contributed by atoms with Gasteiger partial charge in [-0.25, -0.2) is 9.18 Å². The molecule has 28 heavy (non-hydrogen) atoms. The van der Waals surface area contributed by atoms with Crippen molar-refractivity contribution >= 4 is 23.5 Å². The zero-order valence-electron chi connectivity index (χ0n) is 15.9. The molecule has 6 nitrogen and oxygen atoms in total. The van der Waals surface area contributed by atoms with Crippen LogP contribution in [-0.2, 0) is 19.1 Å². The van der Waals surface area contributed by atoms with Crippen molar-refractivity contribution < 1.29 is 23.5 Å². The number of benzene rings is 2. The number of para-hydroxylation sites is 1. The first kappa shape index (κ1) is 19.5. The molecular formula is C21H21FN2O4. The smallest absolute Gasteiger partial charge is 0.353 e. The molecular weight excluding hydrogens is 363 g/mol. The number of rotatable bonds is 4. The summed E-state index contributed by atoms with van der Waals surface area (Å²) >= 11 is 0. The Morgan fingerprint density at radius 2 is 1.75 bits per heavy atom. The quantitative estimate of drug-likeness (QED) is 0.650. The van der Waals surface area contributed by atoms with Crippen molar-refractivity contribution in [2.45, 2.75) is 25.6 Å². The highest BCUT2D eigenvalue weighted by atomic mass is 19.1. The van der Waals surface area contributed by atoms with Gasteiger partial charge in [0, 0.05) is 12.6 Å². The van der Waals surface area contributed by atoms with E-state index in [-0.39, 0.29) is 6.61 Å². The molecule has 1 aliphatic heterocycles. The zero-order valence-corrected chi connectivity index (χ0v) is 15.9. The van der Waals surface area contributed by atoms with E-state index in [0.717, 1.165) is 18.1 Å². The minimum Gasteiger partial charge on any atom is -0.463 e. The number of hydrogen-bond acceptors (Lipinski definition) is 4. The van der Waals surface area contributed by atoms with Gasteiger partial charge in [0.2, 0.25) is 0 Å². The maximum Gasteiger partial charge on any atom is 0.353 e. The summed E-state index contributed by atoms with van der Waals surface area (Å²) in [4.78, 5) is 38.9. The maximum absolute atomic E-state index is 14.8. The molecule has 0 saturated heterocycles. The van der Waals surface area contributed by atoms with Gasteiger partial charge in [-0.3, -0.25) is 9.59 Å². The Morgan fingerprint density at radius 3 is 2.43 bits per heavy atom. The molecule has 0 unspecified atom stereocenters. The van der Waals surface area contributed by atoms with Gasteiger partial charge >= 0.3 is 5.97 Å². The highest BCUT2D eigenvalue weighted by Crippen LogP contribution is 2.39. The third-order valence-electron chi connectivity index (χ3n) is 4.77. The van der Waals surface area contributed by atoms with Gasteiger partial charge in [0.1, 0.15) is 6.04 Å². The number of nitrogens with one attached hydrogen (secondary N) is 1. The van der Waals surface area contributed by atoms with Crippen LogP contribution in [0.15, 0.2) is 48.5 Å². The molecule has 1 N–H and O–H groups in total. The van der Waals surface area contributed by atoms with Crippen LogP contribution < -0.4 is 10.2 Å². The third kappa shape index (κ3) is 3.24. The number of ether oxygens (including phenoxy) is 1. The zero-order chi connectivity index (χ0) is 20.5. The molecule has 0 spiro atoms. The van der Waals surface area contributed by atoms with E-state index in [1.54, 1.807) is 25.2 Å². The Labute approximate surface area is 162 Å². The molecule has 0 fully saturated rings. The van der Waals surface area contributed by atoms with E-state index in [2.05, 4.69) is 10.1 Å². The number of alkyl halides is 1. The van der Waals surface area contributed by atoms with E-state index >= 15 is 0 Å². The van der Waals surface area contributed by atoms with Gasteiger partial charge in [-0.15, -0.1) is 0 Å². The van der Waals surface area contributed by atoms with Gasteiger partial charge in [0.05, 0.1) is 12.3 Å². The van der Waals surface area contributed by atoms with E-state index in [1.165, 1.54) is 11.8 Å². The maximum atomic E-state index is 14.8. The minimum absolute atomic E-state index is 0.0607. The molecule has 1 aliphatic rings. The van der Waals surface area contributed by atoms with Crippen molar-refractivity contribution in [2.24, 2.45) is 0 Å². The molecule has 2 aromatic rings. The lowest BCUT2D eigenvalue weighted by Gasteiger charge is -2.25. The number of hydrogen-bond donors (Lipinski definition) is 1. The van der Waals surface area contributed by atoms with Crippen LogP contribution in [0.4, 0.5) is 10.1 Å². The normalized spacial score (nSPS) is 17.6. The Kier molecular flexibility index (Phi) is 5.18. The van der Waals surface area contributed by atoms with Crippen LogP contribution in [0.25, 0.3) is 11.1 Å². The third-order valence-corrected chi connectivity index (χ3v) is 4.77. The molecule has 2 aromatic carbocycles. The van der Waals surface area contributed by atoms with Crippen molar-refractivity contribution in [3.63, 3.8) is 0 Å². The summed E-state index contributed by atoms with van der Waals surface area (Å²) in [5.74, 6) is -2.96. The standard InChI is InChI=1S/C21H21FN2O4/c1-4-28-20(27)21(2,22)19(26)23-17-15-11-6-5-9-13(15)14-10-7-8-12-16(14)24(3)18(17)25/h5-12,17H,4H2,1-3H3,(H,23,26)/t17-,21-/m0/s1. The van der Waals surface area contributed by atoms with E-state index in [1.807, 2.05) is 30.3 Å². The summed E-state index contributed by atoms with van der Waals surface area (Å²) in [5, 5.41) is 2.40. The monoisotopic (exact) mass is 384 g/mol. The van der Waals surface area contributed by atoms with Crippen molar-refractivity contribution in [1.29, 1.82) is 0 Å². The number of likely N-dealkylation sites (N-methyl/N-ethyl adjacent to an activating group) is 1. The first-order valence-electron chi connectivity index (χ1n) is 8.92. The lowest BCUT2D eigenvalue weighted by Crippen LogP contribution is -2.51. The largest absolute Gasteiger partial charge is 0.463 e. The number of carbonyl (C=O) groups is 3. The second-order valence-electron chi connectivity index (χ2n) is 6.63. The highest BCUT2D eigenvalue weighted by Gasteiger charge is 2.45. The van der Waals surface area contributed by atoms with Crippen LogP contribution in [0.2, 0.25) is 0 Å². The van der Waals surface area contributed by atoms with Crippen molar-refractivity contribution in [3.8, 4) is 11.1 Å². The lowest BCUT2D eigenvalue weighted by atomic mass is 9.95. The first-order chi connectivity index (χ1) is 13.3. The van der Waals surface area contributed by atoms with Crippen molar-refractivity contribution in [3.05, 3.63) is 54.1 Å². The Hall–Kier alpha value is -3.22. The highest BCUT2D eigenvalue weighted by molar-refractivity contribution is 6.10. The molecule has 2 amide bonds. The van der Waals surface area contributed by atoms with E-state index in [4.69, 9.17) is 0 Å². The second kappa shape index (κ2) is 7.42. The summed E-state index contributed by atoms with van der Waals surface area (Å²) < 4.78 is 19.4. The van der Waals surface area contributed by atoms with Crippen LogP contribution in [-0.4, -0.2) is 37.1 Å². The SMILES string of the molecule is CCOC(=O)[C@@](C)(F)C(=O)N[C@@H]1C(=O)N(C)c2ccccc2-c2ccccc21. The van der Waals surface area contributed by atoms with Gasteiger partial charge in [-0.2, -0.15) is 0 Å². The second-order valence-corrected chi connectivity index (χ2v) is 6.63. The average Bonchev–Trinajstić information content (AvgIpc) is 2.78. The first-order valence-corrected chi connectivity index (χ1v) is 8.92. The number of halogens is 1. The summed E-state index contributed by atoms with van der Waals surface area (Å²) in [6.45, 7) is 2.28. The molecule has 146 valence electrons. The molecule has 1 heterocycles.